The molecule has 1 unspecified atom stereocenters. The van der Waals surface area contributed by atoms with E-state index in [1.807, 2.05) is 38.1 Å². The van der Waals surface area contributed by atoms with Crippen LogP contribution in [-0.2, 0) is 9.59 Å². The van der Waals surface area contributed by atoms with Gasteiger partial charge in [0.05, 0.1) is 11.6 Å². The lowest BCUT2D eigenvalue weighted by molar-refractivity contribution is -0.139. The van der Waals surface area contributed by atoms with Gasteiger partial charge < -0.3 is 15.0 Å². The molecule has 0 radical (unpaired) electrons. The number of aliphatic hydroxyl groups excluding tert-OH is 1. The molecule has 28 heavy (non-hydrogen) atoms. The van der Waals surface area contributed by atoms with E-state index in [1.54, 1.807) is 29.4 Å². The Labute approximate surface area is 162 Å². The number of nitrogens with one attached hydrogen (secondary N) is 1. The fourth-order valence-electron chi connectivity index (χ4n) is 3.97. The van der Waals surface area contributed by atoms with E-state index in [0.717, 1.165) is 22.2 Å². The summed E-state index contributed by atoms with van der Waals surface area (Å²) in [4.78, 5) is 34.6. The van der Waals surface area contributed by atoms with Gasteiger partial charge in [0.2, 0.25) is 0 Å². The van der Waals surface area contributed by atoms with Crippen molar-refractivity contribution in [2.24, 2.45) is 0 Å². The lowest BCUT2D eigenvalue weighted by Crippen LogP contribution is -2.30. The monoisotopic (exact) mass is 375 g/mol. The number of pyridine rings is 1. The maximum absolute atomic E-state index is 12.9. The van der Waals surface area contributed by atoms with Crippen LogP contribution in [0.15, 0.2) is 54.4 Å². The number of benzene rings is 1. The van der Waals surface area contributed by atoms with Gasteiger partial charge in [0.1, 0.15) is 5.76 Å². The number of aromatic amines is 1. The van der Waals surface area contributed by atoms with Crippen LogP contribution >= 0.6 is 0 Å². The molecule has 0 aliphatic carbocycles. The van der Waals surface area contributed by atoms with Crippen molar-refractivity contribution in [1.29, 1.82) is 0 Å². The van der Waals surface area contributed by atoms with Crippen molar-refractivity contribution in [3.63, 3.8) is 0 Å². The normalized spacial score (nSPS) is 18.9. The molecule has 2 aromatic heterocycles. The van der Waals surface area contributed by atoms with Gasteiger partial charge in [-0.1, -0.05) is 25.1 Å². The molecular formula is C22H21N3O3. The Hall–Kier alpha value is -3.41. The number of rotatable bonds is 4. The Morgan fingerprint density at radius 2 is 1.89 bits per heavy atom. The molecule has 1 fully saturated rings. The van der Waals surface area contributed by atoms with Crippen LogP contribution in [0.3, 0.4) is 0 Å². The van der Waals surface area contributed by atoms with Crippen molar-refractivity contribution >= 4 is 28.4 Å². The summed E-state index contributed by atoms with van der Waals surface area (Å²) in [6.07, 6.45) is 3.80. The highest BCUT2D eigenvalue weighted by Crippen LogP contribution is 2.43. The van der Waals surface area contributed by atoms with E-state index in [2.05, 4.69) is 9.97 Å². The summed E-state index contributed by atoms with van der Waals surface area (Å²) in [5, 5.41) is 11.9. The minimum Gasteiger partial charge on any atom is -0.507 e. The molecule has 6 nitrogen and oxygen atoms in total. The molecule has 3 heterocycles. The highest BCUT2D eigenvalue weighted by atomic mass is 16.3. The highest BCUT2D eigenvalue weighted by Gasteiger charge is 2.47. The Kier molecular flexibility index (Phi) is 4.47. The molecule has 1 aromatic carbocycles. The second-order valence-electron chi connectivity index (χ2n) is 6.94. The largest absolute Gasteiger partial charge is 0.507 e. The molecule has 4 rings (SSSR count). The van der Waals surface area contributed by atoms with Crippen LogP contribution < -0.4 is 0 Å². The van der Waals surface area contributed by atoms with E-state index in [0.29, 0.717) is 18.5 Å². The average molecular weight is 375 g/mol. The van der Waals surface area contributed by atoms with Crippen LogP contribution in [0.5, 0.6) is 0 Å². The molecule has 0 spiro atoms. The Bertz CT molecular complexity index is 1100. The van der Waals surface area contributed by atoms with E-state index in [4.69, 9.17) is 0 Å². The molecule has 0 bridgehead atoms. The predicted octanol–water partition coefficient (Wildman–Crippen LogP) is 3.70. The number of likely N-dealkylation sites (tertiary alicyclic amines) is 1. The summed E-state index contributed by atoms with van der Waals surface area (Å²) < 4.78 is 0. The maximum atomic E-state index is 12.9. The third-order valence-electron chi connectivity index (χ3n) is 5.18. The minimum atomic E-state index is -0.655. The lowest BCUT2D eigenvalue weighted by Gasteiger charge is -2.25. The van der Waals surface area contributed by atoms with Gasteiger partial charge in [0.25, 0.3) is 11.7 Å². The number of ketones is 1. The SMILES string of the molecule is CCCN1C(=O)C(=O)/C(=C(/O)c2ccncc2)C1c1c(C)[nH]c2ccccc12. The van der Waals surface area contributed by atoms with Gasteiger partial charge in [-0.15, -0.1) is 0 Å². The van der Waals surface area contributed by atoms with Crippen molar-refractivity contribution in [2.45, 2.75) is 26.3 Å². The summed E-state index contributed by atoms with van der Waals surface area (Å²) in [5.74, 6) is -1.40. The van der Waals surface area contributed by atoms with Gasteiger partial charge in [-0.05, 0) is 31.5 Å². The number of nitrogens with zero attached hydrogens (tertiary/aromatic N) is 2. The Morgan fingerprint density at radius 3 is 2.61 bits per heavy atom. The lowest BCUT2D eigenvalue weighted by atomic mass is 9.93. The van der Waals surface area contributed by atoms with Gasteiger partial charge >= 0.3 is 0 Å². The Morgan fingerprint density at radius 1 is 1.18 bits per heavy atom. The zero-order valence-electron chi connectivity index (χ0n) is 15.8. The summed E-state index contributed by atoms with van der Waals surface area (Å²) in [7, 11) is 0. The zero-order valence-corrected chi connectivity index (χ0v) is 15.8. The number of aryl methyl sites for hydroxylation is 1. The molecule has 1 aliphatic heterocycles. The molecule has 1 atom stereocenters. The number of H-pyrrole nitrogens is 1. The van der Waals surface area contributed by atoms with E-state index in [1.165, 1.54) is 0 Å². The molecule has 2 N–H and O–H groups in total. The zero-order chi connectivity index (χ0) is 19.8. The molecule has 3 aromatic rings. The summed E-state index contributed by atoms with van der Waals surface area (Å²) in [6, 6.07) is 10.4. The molecule has 1 amide bonds. The van der Waals surface area contributed by atoms with E-state index < -0.39 is 17.7 Å². The van der Waals surface area contributed by atoms with Gasteiger partial charge in [-0.25, -0.2) is 0 Å². The number of hydrogen-bond acceptors (Lipinski definition) is 4. The first-order chi connectivity index (χ1) is 13.5. The molecule has 142 valence electrons. The number of para-hydroxylation sites is 1. The molecular weight excluding hydrogens is 354 g/mol. The molecule has 1 aliphatic rings. The van der Waals surface area contributed by atoms with E-state index >= 15 is 0 Å². The second-order valence-corrected chi connectivity index (χ2v) is 6.94. The van der Waals surface area contributed by atoms with Crippen molar-refractivity contribution in [3.8, 4) is 0 Å². The summed E-state index contributed by atoms with van der Waals surface area (Å²) in [6.45, 7) is 4.32. The summed E-state index contributed by atoms with van der Waals surface area (Å²) in [5.41, 5.74) is 3.24. The quantitative estimate of drug-likeness (QED) is 0.414. The standard InChI is InChI=1S/C22H21N3O3/c1-3-12-25-19(17-13(2)24-16-7-5-4-6-15(16)17)18(21(27)22(25)28)20(26)14-8-10-23-11-9-14/h4-11,19,24,26H,3,12H2,1-2H3/b20-18+. The van der Waals surface area contributed by atoms with Crippen molar-refractivity contribution < 1.29 is 14.7 Å². The minimum absolute atomic E-state index is 0.123. The number of amides is 1. The molecule has 1 saturated heterocycles. The van der Waals surface area contributed by atoms with Crippen LogP contribution in [-0.4, -0.2) is 38.2 Å². The molecule has 0 saturated carbocycles. The van der Waals surface area contributed by atoms with Crippen LogP contribution in [0.2, 0.25) is 0 Å². The van der Waals surface area contributed by atoms with Crippen LogP contribution in [0.25, 0.3) is 16.7 Å². The fourth-order valence-corrected chi connectivity index (χ4v) is 3.97. The number of aliphatic hydroxyl groups is 1. The average Bonchev–Trinajstić information content (AvgIpc) is 3.16. The maximum Gasteiger partial charge on any atom is 0.295 e. The van der Waals surface area contributed by atoms with E-state index in [-0.39, 0.29) is 11.3 Å². The van der Waals surface area contributed by atoms with Crippen LogP contribution in [0.4, 0.5) is 0 Å². The fraction of sp³-hybridized carbons (Fsp3) is 0.227. The van der Waals surface area contributed by atoms with Gasteiger partial charge in [0.15, 0.2) is 0 Å². The first-order valence-corrected chi connectivity index (χ1v) is 9.30. The number of Topliss-reactive ketones (excluding diaryl/α,β-unsaturated/α-hetero) is 1. The summed E-state index contributed by atoms with van der Waals surface area (Å²) >= 11 is 0. The van der Waals surface area contributed by atoms with Crippen LogP contribution in [0.1, 0.15) is 36.2 Å². The van der Waals surface area contributed by atoms with Crippen LogP contribution in [0, 0.1) is 6.92 Å². The number of hydrogen-bond donors (Lipinski definition) is 2. The van der Waals surface area contributed by atoms with E-state index in [9.17, 15) is 14.7 Å². The van der Waals surface area contributed by atoms with Crippen molar-refractivity contribution in [2.75, 3.05) is 6.54 Å². The smallest absolute Gasteiger partial charge is 0.295 e. The number of carbonyl (C=O) groups excluding carboxylic acids is 2. The van der Waals surface area contributed by atoms with Gasteiger partial charge in [0, 0.05) is 46.7 Å². The van der Waals surface area contributed by atoms with Gasteiger partial charge in [-0.3, -0.25) is 14.6 Å². The predicted molar refractivity (Wildman–Crippen MR) is 107 cm³/mol. The van der Waals surface area contributed by atoms with Gasteiger partial charge in [-0.2, -0.15) is 0 Å². The first-order valence-electron chi connectivity index (χ1n) is 9.30. The number of aromatic nitrogens is 2. The third-order valence-corrected chi connectivity index (χ3v) is 5.18. The highest BCUT2D eigenvalue weighted by molar-refractivity contribution is 6.46. The second kappa shape index (κ2) is 6.96. The third kappa shape index (κ3) is 2.69. The molecule has 6 heteroatoms. The Balaban J connectivity index is 2.00. The number of fused-ring (bicyclic) bond motifs is 1. The van der Waals surface area contributed by atoms with Crippen molar-refractivity contribution in [1.82, 2.24) is 14.9 Å². The first kappa shape index (κ1) is 18.0. The topological polar surface area (TPSA) is 86.3 Å². The van der Waals surface area contributed by atoms with Crippen molar-refractivity contribution in [3.05, 3.63) is 71.2 Å². The number of carbonyl (C=O) groups is 2.